The van der Waals surface area contributed by atoms with Crippen molar-refractivity contribution in [2.24, 2.45) is 0 Å². The zero-order chi connectivity index (χ0) is 24.9. The van der Waals surface area contributed by atoms with Crippen LogP contribution < -0.4 is 5.32 Å². The molecule has 2 N–H and O–H groups in total. The topological polar surface area (TPSA) is 84.2 Å². The molecular formula is C26H30ClN3O3S. The van der Waals surface area contributed by atoms with Gasteiger partial charge in [-0.15, -0.1) is 11.8 Å². The number of nitrogens with one attached hydrogen (secondary N) is 1. The molecule has 0 saturated heterocycles. The number of carboxylic acid groups (broad SMARTS) is 1. The van der Waals surface area contributed by atoms with Gasteiger partial charge in [0, 0.05) is 22.7 Å². The number of para-hydroxylation sites is 1. The van der Waals surface area contributed by atoms with Gasteiger partial charge in [-0.05, 0) is 51.5 Å². The number of hydrogen-bond donors (Lipinski definition) is 2. The van der Waals surface area contributed by atoms with E-state index in [1.807, 2.05) is 43.3 Å². The monoisotopic (exact) mass is 499 g/mol. The lowest BCUT2D eigenvalue weighted by atomic mass is 10.2. The quantitative estimate of drug-likeness (QED) is 0.234. The normalized spacial score (nSPS) is 11.4. The second-order valence-corrected chi connectivity index (χ2v) is 10.7. The van der Waals surface area contributed by atoms with Crippen LogP contribution in [-0.4, -0.2) is 31.3 Å². The van der Waals surface area contributed by atoms with Gasteiger partial charge in [0.25, 0.3) is 5.91 Å². The molecule has 1 heterocycles. The fraction of sp³-hybridized carbons (Fsp3) is 0.346. The number of nitrogens with zero attached hydrogens (tertiary/aromatic N) is 2. The van der Waals surface area contributed by atoms with E-state index in [-0.39, 0.29) is 5.91 Å². The first-order valence-electron chi connectivity index (χ1n) is 11.3. The molecule has 2 aromatic carbocycles. The lowest BCUT2D eigenvalue weighted by Gasteiger charge is -2.18. The Bertz CT molecular complexity index is 1170. The highest BCUT2D eigenvalue weighted by Gasteiger charge is 2.28. The summed E-state index contributed by atoms with van der Waals surface area (Å²) in [7, 11) is 0. The summed E-state index contributed by atoms with van der Waals surface area (Å²) in [5.74, 6) is -0.457. The Balaban J connectivity index is 1.93. The van der Waals surface area contributed by atoms with Gasteiger partial charge < -0.3 is 15.0 Å². The van der Waals surface area contributed by atoms with Gasteiger partial charge in [-0.2, -0.15) is 0 Å². The number of hydrogen-bond acceptors (Lipinski definition) is 4. The Labute approximate surface area is 209 Å². The molecule has 34 heavy (non-hydrogen) atoms. The fourth-order valence-electron chi connectivity index (χ4n) is 3.52. The van der Waals surface area contributed by atoms with E-state index in [9.17, 15) is 14.7 Å². The van der Waals surface area contributed by atoms with E-state index in [2.05, 4.69) is 16.8 Å². The van der Waals surface area contributed by atoms with Crippen LogP contribution >= 0.6 is 23.4 Å². The minimum absolute atomic E-state index is 0.309. The second-order valence-electron chi connectivity index (χ2n) is 8.60. The van der Waals surface area contributed by atoms with E-state index in [0.717, 1.165) is 42.0 Å². The van der Waals surface area contributed by atoms with Gasteiger partial charge in [0.1, 0.15) is 16.3 Å². The molecule has 0 aliphatic carbocycles. The van der Waals surface area contributed by atoms with Gasteiger partial charge in [0.15, 0.2) is 0 Å². The summed E-state index contributed by atoms with van der Waals surface area (Å²) in [6, 6.07) is 14.7. The van der Waals surface area contributed by atoms with Crippen LogP contribution in [0.15, 0.2) is 53.4 Å². The maximum absolute atomic E-state index is 13.1. The minimum Gasteiger partial charge on any atom is -0.480 e. The summed E-state index contributed by atoms with van der Waals surface area (Å²) in [6.07, 6.45) is 3.15. The third-order valence-corrected chi connectivity index (χ3v) is 7.07. The van der Waals surface area contributed by atoms with Crippen LogP contribution in [0.4, 0.5) is 5.69 Å². The smallest absolute Gasteiger partial charge is 0.319 e. The molecule has 0 fully saturated rings. The number of halogens is 1. The Hall–Kier alpha value is -2.77. The molecule has 0 bridgehead atoms. The Morgan fingerprint density at radius 3 is 2.41 bits per heavy atom. The third kappa shape index (κ3) is 6.02. The van der Waals surface area contributed by atoms with Crippen molar-refractivity contribution in [2.75, 3.05) is 5.32 Å². The van der Waals surface area contributed by atoms with E-state index >= 15 is 0 Å². The highest BCUT2D eigenvalue weighted by Crippen LogP contribution is 2.34. The van der Waals surface area contributed by atoms with Gasteiger partial charge >= 0.3 is 5.97 Å². The van der Waals surface area contributed by atoms with E-state index in [4.69, 9.17) is 16.6 Å². The molecule has 0 aliphatic rings. The van der Waals surface area contributed by atoms with Crippen LogP contribution in [0.2, 0.25) is 5.02 Å². The van der Waals surface area contributed by atoms with Crippen LogP contribution in [0, 0.1) is 6.92 Å². The lowest BCUT2D eigenvalue weighted by molar-refractivity contribution is -0.138. The van der Waals surface area contributed by atoms with Gasteiger partial charge in [-0.1, -0.05) is 55.6 Å². The molecule has 0 atom stereocenters. The first-order valence-corrected chi connectivity index (χ1v) is 12.5. The molecule has 3 aromatic rings. The number of imidazole rings is 1. The zero-order valence-corrected chi connectivity index (χ0v) is 21.5. The van der Waals surface area contributed by atoms with E-state index < -0.39 is 10.7 Å². The number of thioether (sulfide) groups is 1. The molecule has 8 heteroatoms. The van der Waals surface area contributed by atoms with Crippen LogP contribution in [0.25, 0.3) is 11.4 Å². The average Bonchev–Trinajstić information content (AvgIpc) is 3.12. The molecule has 0 spiro atoms. The molecule has 180 valence electrons. The summed E-state index contributed by atoms with van der Waals surface area (Å²) in [5.41, 5.74) is 2.56. The molecule has 6 nitrogen and oxygen atoms in total. The molecule has 0 radical (unpaired) electrons. The highest BCUT2D eigenvalue weighted by atomic mass is 35.5. The first-order chi connectivity index (χ1) is 16.1. The van der Waals surface area contributed by atoms with E-state index in [0.29, 0.717) is 22.2 Å². The molecule has 3 rings (SSSR count). The van der Waals surface area contributed by atoms with Gasteiger partial charge in [-0.3, -0.25) is 9.59 Å². The second kappa shape index (κ2) is 11.1. The van der Waals surface area contributed by atoms with Crippen molar-refractivity contribution in [3.63, 3.8) is 0 Å². The van der Waals surface area contributed by atoms with Crippen molar-refractivity contribution >= 4 is 40.9 Å². The third-order valence-electron chi connectivity index (χ3n) is 5.54. The Morgan fingerprint density at radius 1 is 1.12 bits per heavy atom. The molecule has 1 aromatic heterocycles. The van der Waals surface area contributed by atoms with Crippen molar-refractivity contribution < 1.29 is 14.7 Å². The highest BCUT2D eigenvalue weighted by molar-refractivity contribution is 8.01. The van der Waals surface area contributed by atoms with Gasteiger partial charge in [0.05, 0.1) is 10.7 Å². The first kappa shape index (κ1) is 25.8. The number of aromatic nitrogens is 2. The predicted molar refractivity (Wildman–Crippen MR) is 139 cm³/mol. The summed E-state index contributed by atoms with van der Waals surface area (Å²) in [6.45, 7) is 8.18. The molecule has 0 aliphatic heterocycles. The standard InChI is InChI=1S/C26H30ClN3O3S/c1-5-6-9-16-30-17(2)22(24(31)28-21-11-8-7-10-20(21)27)29-23(30)18-12-14-19(15-13-18)34-26(3,4)25(32)33/h7-8,10-15H,5-6,9,16H2,1-4H3,(H,28,31)(H,32,33). The number of unbranched alkanes of at least 4 members (excludes halogenated alkanes) is 2. The number of anilines is 1. The molecule has 0 saturated carbocycles. The number of benzene rings is 2. The fourth-order valence-corrected chi connectivity index (χ4v) is 4.65. The van der Waals surface area contributed by atoms with E-state index in [1.165, 1.54) is 11.8 Å². The lowest BCUT2D eigenvalue weighted by Crippen LogP contribution is -2.26. The average molecular weight is 500 g/mol. The maximum atomic E-state index is 13.1. The Morgan fingerprint density at radius 2 is 1.79 bits per heavy atom. The van der Waals surface area contributed by atoms with Crippen LogP contribution in [0.1, 0.15) is 56.2 Å². The van der Waals surface area contributed by atoms with Crippen molar-refractivity contribution in [3.8, 4) is 11.4 Å². The van der Waals surface area contributed by atoms with Gasteiger partial charge in [-0.25, -0.2) is 4.98 Å². The summed E-state index contributed by atoms with van der Waals surface area (Å²) < 4.78 is 1.15. The van der Waals surface area contributed by atoms with Crippen molar-refractivity contribution in [2.45, 2.75) is 63.1 Å². The Kier molecular flexibility index (Phi) is 8.44. The molecular weight excluding hydrogens is 470 g/mol. The predicted octanol–water partition coefficient (Wildman–Crippen LogP) is 6.91. The SMILES string of the molecule is CCCCCn1c(-c2ccc(SC(C)(C)C(=O)O)cc2)nc(C(=O)Nc2ccccc2Cl)c1C. The largest absolute Gasteiger partial charge is 0.480 e. The number of carbonyl (C=O) groups is 2. The maximum Gasteiger partial charge on any atom is 0.319 e. The number of carbonyl (C=O) groups excluding carboxylic acids is 1. The minimum atomic E-state index is -0.930. The summed E-state index contributed by atoms with van der Waals surface area (Å²) in [4.78, 5) is 30.1. The van der Waals surface area contributed by atoms with Crippen LogP contribution in [-0.2, 0) is 11.3 Å². The van der Waals surface area contributed by atoms with Crippen LogP contribution in [0.3, 0.4) is 0 Å². The number of rotatable bonds is 10. The summed E-state index contributed by atoms with van der Waals surface area (Å²) in [5, 5.41) is 12.7. The van der Waals surface area contributed by atoms with Crippen LogP contribution in [0.5, 0.6) is 0 Å². The zero-order valence-electron chi connectivity index (χ0n) is 19.9. The van der Waals surface area contributed by atoms with Crippen molar-refractivity contribution in [3.05, 3.63) is 64.9 Å². The van der Waals surface area contributed by atoms with E-state index in [1.54, 1.807) is 26.0 Å². The molecule has 0 unspecified atom stereocenters. The number of aliphatic carboxylic acids is 1. The number of carboxylic acids is 1. The van der Waals surface area contributed by atoms with Crippen molar-refractivity contribution in [1.82, 2.24) is 9.55 Å². The summed E-state index contributed by atoms with van der Waals surface area (Å²) >= 11 is 7.50. The molecule has 1 amide bonds. The number of amides is 1. The van der Waals surface area contributed by atoms with Crippen molar-refractivity contribution in [1.29, 1.82) is 0 Å². The van der Waals surface area contributed by atoms with Gasteiger partial charge in [0.2, 0.25) is 0 Å².